The van der Waals surface area contributed by atoms with Crippen LogP contribution in [0.5, 0.6) is 11.5 Å². The fourth-order valence-electron chi connectivity index (χ4n) is 2.74. The number of carbonyl (C=O) groups is 1. The van der Waals surface area contributed by atoms with E-state index in [0.29, 0.717) is 5.92 Å². The summed E-state index contributed by atoms with van der Waals surface area (Å²) in [6, 6.07) is 5.53. The Balaban J connectivity index is 2.09. The Hall–Kier alpha value is -1.75. The second kappa shape index (κ2) is 6.80. The minimum atomic E-state index is -0.105. The maximum Gasteiger partial charge on any atom is 0.225 e. The topological polar surface area (TPSA) is 59.6 Å². The largest absolute Gasteiger partial charge is 0.497 e. The maximum absolute atomic E-state index is 12.3. The van der Waals surface area contributed by atoms with Crippen molar-refractivity contribution in [1.82, 2.24) is 10.6 Å². The van der Waals surface area contributed by atoms with Gasteiger partial charge in [0.15, 0.2) is 0 Å². The molecule has 0 radical (unpaired) electrons. The molecule has 3 unspecified atom stereocenters. The van der Waals surface area contributed by atoms with Crippen molar-refractivity contribution < 1.29 is 14.3 Å². The van der Waals surface area contributed by atoms with Gasteiger partial charge in [-0.05, 0) is 31.5 Å². The summed E-state index contributed by atoms with van der Waals surface area (Å²) in [7, 11) is 3.24. The molecule has 1 aromatic carbocycles. The number of rotatable bonds is 5. The zero-order valence-corrected chi connectivity index (χ0v) is 13.1. The molecule has 0 saturated carbocycles. The molecule has 1 aliphatic rings. The molecular weight excluding hydrogens is 268 g/mol. The highest BCUT2D eigenvalue weighted by Gasteiger charge is 2.30. The minimum Gasteiger partial charge on any atom is -0.497 e. The van der Waals surface area contributed by atoms with Gasteiger partial charge in [-0.3, -0.25) is 4.79 Å². The number of benzene rings is 1. The van der Waals surface area contributed by atoms with Gasteiger partial charge in [-0.25, -0.2) is 0 Å². The van der Waals surface area contributed by atoms with E-state index in [2.05, 4.69) is 17.6 Å². The molecule has 116 valence electrons. The van der Waals surface area contributed by atoms with Gasteiger partial charge in [0, 0.05) is 18.2 Å². The third-order valence-corrected chi connectivity index (χ3v) is 4.12. The van der Waals surface area contributed by atoms with Gasteiger partial charge in [0.1, 0.15) is 11.5 Å². The molecule has 2 rings (SSSR count). The highest BCUT2D eigenvalue weighted by Crippen LogP contribution is 2.29. The third kappa shape index (κ3) is 3.47. The van der Waals surface area contributed by atoms with E-state index < -0.39 is 0 Å². The van der Waals surface area contributed by atoms with Gasteiger partial charge < -0.3 is 20.1 Å². The summed E-state index contributed by atoms with van der Waals surface area (Å²) in [5.41, 5.74) is 0.949. The van der Waals surface area contributed by atoms with Crippen molar-refractivity contribution >= 4 is 5.91 Å². The number of hydrogen-bond acceptors (Lipinski definition) is 4. The lowest BCUT2D eigenvalue weighted by Gasteiger charge is -2.21. The highest BCUT2D eigenvalue weighted by molar-refractivity contribution is 5.80. The molecule has 2 N–H and O–H groups in total. The van der Waals surface area contributed by atoms with Crippen molar-refractivity contribution in [2.75, 3.05) is 27.3 Å². The molecule has 1 heterocycles. The van der Waals surface area contributed by atoms with E-state index >= 15 is 0 Å². The molecule has 0 aromatic heterocycles. The first-order valence-corrected chi connectivity index (χ1v) is 7.29. The molecule has 21 heavy (non-hydrogen) atoms. The monoisotopic (exact) mass is 292 g/mol. The standard InChI is InChI=1S/C16H24N2O3/c1-10-8-17-9-14(10)16(19)18-11(2)13-6-5-12(20-3)7-15(13)21-4/h5-7,10-11,14,17H,8-9H2,1-4H3,(H,18,19). The molecule has 5 heteroatoms. The normalized spacial score (nSPS) is 22.7. The van der Waals surface area contributed by atoms with Crippen molar-refractivity contribution in [2.45, 2.75) is 19.9 Å². The Morgan fingerprint density at radius 1 is 1.33 bits per heavy atom. The van der Waals surface area contributed by atoms with Crippen LogP contribution < -0.4 is 20.1 Å². The van der Waals surface area contributed by atoms with Crippen molar-refractivity contribution in [3.8, 4) is 11.5 Å². The fourth-order valence-corrected chi connectivity index (χ4v) is 2.74. The van der Waals surface area contributed by atoms with E-state index in [4.69, 9.17) is 9.47 Å². The Morgan fingerprint density at radius 2 is 2.10 bits per heavy atom. The van der Waals surface area contributed by atoms with Crippen LogP contribution in [0.25, 0.3) is 0 Å². The van der Waals surface area contributed by atoms with Crippen LogP contribution >= 0.6 is 0 Å². The average molecular weight is 292 g/mol. The van der Waals surface area contributed by atoms with Crippen LogP contribution in [0.1, 0.15) is 25.5 Å². The summed E-state index contributed by atoms with van der Waals surface area (Å²) in [6.07, 6.45) is 0. The molecule has 5 nitrogen and oxygen atoms in total. The summed E-state index contributed by atoms with van der Waals surface area (Å²) < 4.78 is 10.6. The van der Waals surface area contributed by atoms with E-state index in [1.54, 1.807) is 14.2 Å². The fraction of sp³-hybridized carbons (Fsp3) is 0.562. The van der Waals surface area contributed by atoms with Crippen LogP contribution in [-0.4, -0.2) is 33.2 Å². The Bertz CT molecular complexity index is 504. The number of amides is 1. The lowest BCUT2D eigenvalue weighted by atomic mass is 9.96. The first-order chi connectivity index (χ1) is 10.1. The van der Waals surface area contributed by atoms with Crippen LogP contribution in [0.3, 0.4) is 0 Å². The molecule has 1 saturated heterocycles. The van der Waals surface area contributed by atoms with Gasteiger partial charge >= 0.3 is 0 Å². The lowest BCUT2D eigenvalue weighted by Crippen LogP contribution is -2.36. The first kappa shape index (κ1) is 15.6. The quantitative estimate of drug-likeness (QED) is 0.868. The third-order valence-electron chi connectivity index (χ3n) is 4.12. The van der Waals surface area contributed by atoms with Crippen molar-refractivity contribution in [3.05, 3.63) is 23.8 Å². The van der Waals surface area contributed by atoms with Gasteiger partial charge in [0.05, 0.1) is 26.2 Å². The lowest BCUT2D eigenvalue weighted by molar-refractivity contribution is -0.126. The molecule has 3 atom stereocenters. The second-order valence-corrected chi connectivity index (χ2v) is 5.58. The molecule has 1 amide bonds. The predicted molar refractivity (Wildman–Crippen MR) is 81.6 cm³/mol. The average Bonchev–Trinajstić information content (AvgIpc) is 2.92. The van der Waals surface area contributed by atoms with E-state index in [0.717, 1.165) is 30.2 Å². The van der Waals surface area contributed by atoms with E-state index in [-0.39, 0.29) is 17.9 Å². The first-order valence-electron chi connectivity index (χ1n) is 7.29. The smallest absolute Gasteiger partial charge is 0.225 e. The number of carbonyl (C=O) groups excluding carboxylic acids is 1. The predicted octanol–water partition coefficient (Wildman–Crippen LogP) is 1.74. The summed E-state index contributed by atoms with van der Waals surface area (Å²) >= 11 is 0. The molecule has 1 fully saturated rings. The molecule has 1 aliphatic heterocycles. The van der Waals surface area contributed by atoms with Gasteiger partial charge in [-0.2, -0.15) is 0 Å². The van der Waals surface area contributed by atoms with E-state index in [1.807, 2.05) is 25.1 Å². The SMILES string of the molecule is COc1ccc(C(C)NC(=O)C2CNCC2C)c(OC)c1. The maximum atomic E-state index is 12.3. The van der Waals surface area contributed by atoms with Crippen molar-refractivity contribution in [2.24, 2.45) is 11.8 Å². The number of ether oxygens (including phenoxy) is 2. The molecular formula is C16H24N2O3. The molecule has 1 aromatic rings. The summed E-state index contributed by atoms with van der Waals surface area (Å²) in [5.74, 6) is 1.96. The van der Waals surface area contributed by atoms with E-state index in [9.17, 15) is 4.79 Å². The minimum absolute atomic E-state index is 0.0386. The zero-order chi connectivity index (χ0) is 15.4. The van der Waals surface area contributed by atoms with Crippen LogP contribution in [0.15, 0.2) is 18.2 Å². The van der Waals surface area contributed by atoms with Crippen molar-refractivity contribution in [1.29, 1.82) is 0 Å². The van der Waals surface area contributed by atoms with Crippen LogP contribution in [-0.2, 0) is 4.79 Å². The van der Waals surface area contributed by atoms with Gasteiger partial charge in [0.25, 0.3) is 0 Å². The Labute approximate surface area is 126 Å². The van der Waals surface area contributed by atoms with E-state index in [1.165, 1.54) is 0 Å². The van der Waals surface area contributed by atoms with Crippen LogP contribution in [0.2, 0.25) is 0 Å². The Kier molecular flexibility index (Phi) is 5.07. The van der Waals surface area contributed by atoms with Crippen LogP contribution in [0, 0.1) is 11.8 Å². The van der Waals surface area contributed by atoms with Gasteiger partial charge in [-0.15, -0.1) is 0 Å². The summed E-state index contributed by atoms with van der Waals surface area (Å²) in [4.78, 5) is 12.3. The van der Waals surface area contributed by atoms with Crippen LogP contribution in [0.4, 0.5) is 0 Å². The summed E-state index contributed by atoms with van der Waals surface area (Å²) in [6.45, 7) is 5.72. The second-order valence-electron chi connectivity index (χ2n) is 5.58. The molecule has 0 bridgehead atoms. The summed E-state index contributed by atoms with van der Waals surface area (Å²) in [5, 5.41) is 6.33. The number of methoxy groups -OCH3 is 2. The van der Waals surface area contributed by atoms with Crippen molar-refractivity contribution in [3.63, 3.8) is 0 Å². The Morgan fingerprint density at radius 3 is 2.67 bits per heavy atom. The number of nitrogens with one attached hydrogen (secondary N) is 2. The number of hydrogen-bond donors (Lipinski definition) is 2. The zero-order valence-electron chi connectivity index (χ0n) is 13.1. The highest BCUT2D eigenvalue weighted by atomic mass is 16.5. The molecule has 0 aliphatic carbocycles. The van der Waals surface area contributed by atoms with Gasteiger partial charge in [0.2, 0.25) is 5.91 Å². The molecule has 0 spiro atoms. The van der Waals surface area contributed by atoms with Gasteiger partial charge in [-0.1, -0.05) is 6.92 Å².